The van der Waals surface area contributed by atoms with Crippen LogP contribution in [0.1, 0.15) is 39.2 Å². The average Bonchev–Trinajstić information content (AvgIpc) is 2.47. The van der Waals surface area contributed by atoms with E-state index in [0.29, 0.717) is 11.1 Å². The van der Waals surface area contributed by atoms with Gasteiger partial charge >= 0.3 is 0 Å². The Morgan fingerprint density at radius 2 is 1.86 bits per heavy atom. The van der Waals surface area contributed by atoms with Gasteiger partial charge in [-0.15, -0.1) is 0 Å². The van der Waals surface area contributed by atoms with Crippen molar-refractivity contribution in [3.8, 4) is 0 Å². The smallest absolute Gasteiger partial charge is 0.0453 e. The molecule has 1 unspecified atom stereocenters. The van der Waals surface area contributed by atoms with Crippen LogP contribution in [0.3, 0.4) is 0 Å². The number of hydrogen-bond acceptors (Lipinski definition) is 2. The number of halogens is 2. The van der Waals surface area contributed by atoms with Crippen molar-refractivity contribution in [1.29, 1.82) is 0 Å². The van der Waals surface area contributed by atoms with Crippen LogP contribution in [0.2, 0.25) is 10.0 Å². The van der Waals surface area contributed by atoms with Crippen LogP contribution in [-0.4, -0.2) is 37.1 Å². The molecule has 0 fully saturated rings. The summed E-state index contributed by atoms with van der Waals surface area (Å²) in [6, 6.07) is 6.26. The first-order valence-corrected chi connectivity index (χ1v) is 8.75. The molecule has 0 spiro atoms. The zero-order chi connectivity index (χ0) is 15.7. The van der Waals surface area contributed by atoms with E-state index in [9.17, 15) is 0 Å². The second-order valence-corrected chi connectivity index (χ2v) is 6.25. The van der Waals surface area contributed by atoms with Crippen LogP contribution in [0.25, 0.3) is 0 Å². The predicted octanol–water partition coefficient (Wildman–Crippen LogP) is 4.64. The lowest BCUT2D eigenvalue weighted by Gasteiger charge is -2.24. The van der Waals surface area contributed by atoms with Crippen molar-refractivity contribution < 1.29 is 0 Å². The van der Waals surface area contributed by atoms with Gasteiger partial charge in [-0.3, -0.25) is 0 Å². The van der Waals surface area contributed by atoms with Crippen molar-refractivity contribution in [3.63, 3.8) is 0 Å². The summed E-state index contributed by atoms with van der Waals surface area (Å²) in [5, 5.41) is 5.12. The lowest BCUT2D eigenvalue weighted by Crippen LogP contribution is -2.36. The lowest BCUT2D eigenvalue weighted by atomic mass is 10.0. The second-order valence-electron chi connectivity index (χ2n) is 5.41. The van der Waals surface area contributed by atoms with E-state index >= 15 is 0 Å². The van der Waals surface area contributed by atoms with E-state index < -0.39 is 0 Å². The fraction of sp³-hybridized carbons (Fsp3) is 0.647. The highest BCUT2D eigenvalue weighted by Crippen LogP contribution is 2.22. The minimum Gasteiger partial charge on any atom is -0.314 e. The molecule has 1 N–H and O–H groups in total. The van der Waals surface area contributed by atoms with Crippen LogP contribution >= 0.6 is 23.2 Å². The van der Waals surface area contributed by atoms with Gasteiger partial charge in [0.1, 0.15) is 0 Å². The zero-order valence-electron chi connectivity index (χ0n) is 13.5. The van der Waals surface area contributed by atoms with Crippen LogP contribution in [0.4, 0.5) is 0 Å². The first kappa shape index (κ1) is 18.8. The van der Waals surface area contributed by atoms with Crippen LogP contribution in [0, 0.1) is 0 Å². The highest BCUT2D eigenvalue weighted by molar-refractivity contribution is 6.35. The Morgan fingerprint density at radius 3 is 2.43 bits per heavy atom. The highest BCUT2D eigenvalue weighted by Gasteiger charge is 2.12. The Morgan fingerprint density at radius 1 is 1.14 bits per heavy atom. The van der Waals surface area contributed by atoms with Gasteiger partial charge in [0.05, 0.1) is 0 Å². The van der Waals surface area contributed by atoms with E-state index in [-0.39, 0.29) is 0 Å². The van der Waals surface area contributed by atoms with E-state index in [2.05, 4.69) is 31.0 Å². The Kier molecular flexibility index (Phi) is 9.34. The second kappa shape index (κ2) is 10.4. The Labute approximate surface area is 139 Å². The summed E-state index contributed by atoms with van der Waals surface area (Å²) >= 11 is 12.3. The fourth-order valence-electron chi connectivity index (χ4n) is 2.46. The summed E-state index contributed by atoms with van der Waals surface area (Å²) < 4.78 is 0. The van der Waals surface area contributed by atoms with Gasteiger partial charge in [-0.25, -0.2) is 0 Å². The lowest BCUT2D eigenvalue weighted by molar-refractivity contribution is 0.280. The number of benzene rings is 1. The topological polar surface area (TPSA) is 15.3 Å². The van der Waals surface area contributed by atoms with Gasteiger partial charge in [0.15, 0.2) is 0 Å². The van der Waals surface area contributed by atoms with Crippen LogP contribution in [0.15, 0.2) is 18.2 Å². The van der Waals surface area contributed by atoms with E-state index in [1.54, 1.807) is 0 Å². The van der Waals surface area contributed by atoms with Crippen LogP contribution < -0.4 is 5.32 Å². The number of hydrogen-bond donors (Lipinski definition) is 1. The Bertz CT molecular complexity index is 406. The Hall–Kier alpha value is -0.280. The first-order valence-electron chi connectivity index (χ1n) is 8.00. The molecule has 0 saturated carbocycles. The van der Waals surface area contributed by atoms with Crippen molar-refractivity contribution in [2.75, 3.05) is 26.2 Å². The van der Waals surface area contributed by atoms with Gasteiger partial charge in [0.2, 0.25) is 0 Å². The maximum atomic E-state index is 6.30. The van der Waals surface area contributed by atoms with Gasteiger partial charge < -0.3 is 10.2 Å². The minimum atomic E-state index is 0.462. The quantitative estimate of drug-likeness (QED) is 0.672. The predicted molar refractivity (Wildman–Crippen MR) is 94.7 cm³/mol. The third-order valence-electron chi connectivity index (χ3n) is 3.85. The highest BCUT2D eigenvalue weighted by atomic mass is 35.5. The molecule has 1 aromatic rings. The SMILES string of the molecule is CCCNC(CCN(CC)CC)Cc1ccc(Cl)cc1Cl. The fourth-order valence-corrected chi connectivity index (χ4v) is 2.94. The molecule has 0 aromatic heterocycles. The molecular weight excluding hydrogens is 303 g/mol. The zero-order valence-corrected chi connectivity index (χ0v) is 15.0. The molecule has 0 aliphatic carbocycles. The van der Waals surface area contributed by atoms with E-state index in [1.165, 1.54) is 5.56 Å². The van der Waals surface area contributed by atoms with Crippen molar-refractivity contribution in [2.24, 2.45) is 0 Å². The molecular formula is C17H28Cl2N2. The summed E-state index contributed by atoms with van der Waals surface area (Å²) in [5.41, 5.74) is 1.18. The van der Waals surface area contributed by atoms with Crippen LogP contribution in [-0.2, 0) is 6.42 Å². The summed E-state index contributed by atoms with van der Waals surface area (Å²) in [5.74, 6) is 0. The third-order valence-corrected chi connectivity index (χ3v) is 4.44. The normalized spacial score (nSPS) is 12.9. The van der Waals surface area contributed by atoms with Gasteiger partial charge in [-0.1, -0.05) is 50.0 Å². The molecule has 0 aliphatic heterocycles. The van der Waals surface area contributed by atoms with Crippen molar-refractivity contribution in [3.05, 3.63) is 33.8 Å². The molecule has 0 bridgehead atoms. The van der Waals surface area contributed by atoms with Gasteiger partial charge in [0, 0.05) is 16.1 Å². The monoisotopic (exact) mass is 330 g/mol. The van der Waals surface area contributed by atoms with E-state index in [4.69, 9.17) is 23.2 Å². The summed E-state index contributed by atoms with van der Waals surface area (Å²) in [6.07, 6.45) is 3.24. The maximum Gasteiger partial charge on any atom is 0.0453 e. The molecule has 0 aliphatic rings. The van der Waals surface area contributed by atoms with Crippen LogP contribution in [0.5, 0.6) is 0 Å². The molecule has 0 radical (unpaired) electrons. The third kappa shape index (κ3) is 7.01. The number of rotatable bonds is 10. The molecule has 21 heavy (non-hydrogen) atoms. The number of nitrogens with one attached hydrogen (secondary N) is 1. The molecule has 1 rings (SSSR count). The first-order chi connectivity index (χ1) is 10.1. The van der Waals surface area contributed by atoms with Crippen molar-refractivity contribution >= 4 is 23.2 Å². The molecule has 4 heteroatoms. The molecule has 0 heterocycles. The van der Waals surface area contributed by atoms with Gasteiger partial charge in [-0.2, -0.15) is 0 Å². The molecule has 120 valence electrons. The number of nitrogens with zero attached hydrogens (tertiary/aromatic N) is 1. The summed E-state index contributed by atoms with van der Waals surface area (Å²) in [7, 11) is 0. The minimum absolute atomic E-state index is 0.462. The van der Waals surface area contributed by atoms with E-state index in [1.807, 2.05) is 18.2 Å². The maximum absolute atomic E-state index is 6.30. The van der Waals surface area contributed by atoms with Crippen molar-refractivity contribution in [2.45, 2.75) is 46.1 Å². The molecule has 1 atom stereocenters. The van der Waals surface area contributed by atoms with Gasteiger partial charge in [-0.05, 0) is 63.1 Å². The average molecular weight is 331 g/mol. The molecule has 0 amide bonds. The standard InChI is InChI=1S/C17H28Cl2N2/c1-4-10-20-16(9-11-21(5-2)6-3)12-14-7-8-15(18)13-17(14)19/h7-8,13,16,20H,4-6,9-12H2,1-3H3. The van der Waals surface area contributed by atoms with E-state index in [0.717, 1.165) is 50.5 Å². The van der Waals surface area contributed by atoms with Crippen molar-refractivity contribution in [1.82, 2.24) is 10.2 Å². The Balaban J connectivity index is 2.63. The van der Waals surface area contributed by atoms with Gasteiger partial charge in [0.25, 0.3) is 0 Å². The molecule has 0 saturated heterocycles. The molecule has 1 aromatic carbocycles. The largest absolute Gasteiger partial charge is 0.314 e. The molecule has 2 nitrogen and oxygen atoms in total. The summed E-state index contributed by atoms with van der Waals surface area (Å²) in [6.45, 7) is 11.0. The summed E-state index contributed by atoms with van der Waals surface area (Å²) in [4.78, 5) is 2.46.